The van der Waals surface area contributed by atoms with Crippen LogP contribution in [0.15, 0.2) is 42.5 Å². The molecule has 1 aromatic heterocycles. The van der Waals surface area contributed by atoms with E-state index in [1.54, 1.807) is 11.3 Å². The molecule has 1 saturated heterocycles. The van der Waals surface area contributed by atoms with E-state index in [0.717, 1.165) is 34.6 Å². The van der Waals surface area contributed by atoms with Crippen molar-refractivity contribution in [3.8, 4) is 10.6 Å². The number of hydrogen-bond donors (Lipinski definition) is 1. The Morgan fingerprint density at radius 1 is 1.25 bits per heavy atom. The highest BCUT2D eigenvalue weighted by molar-refractivity contribution is 7.21. The third-order valence-corrected chi connectivity index (χ3v) is 5.23. The molecule has 4 rings (SSSR count). The number of thiazole rings is 1. The smallest absolute Gasteiger partial charge is 0.253 e. The van der Waals surface area contributed by atoms with Crippen LogP contribution in [0.4, 0.5) is 5.69 Å². The summed E-state index contributed by atoms with van der Waals surface area (Å²) in [7, 11) is 0. The maximum absolute atomic E-state index is 12.1. The lowest BCUT2D eigenvalue weighted by Gasteiger charge is -2.10. The van der Waals surface area contributed by atoms with Crippen LogP contribution in [0.2, 0.25) is 0 Å². The van der Waals surface area contributed by atoms with Gasteiger partial charge in [-0.3, -0.25) is 4.79 Å². The molecule has 0 unspecified atom stereocenters. The molecule has 24 heavy (non-hydrogen) atoms. The van der Waals surface area contributed by atoms with Crippen molar-refractivity contribution in [1.82, 2.24) is 4.98 Å². The molecule has 0 aliphatic carbocycles. The molecule has 1 fully saturated rings. The number of anilines is 1. The molecule has 5 heteroatoms. The summed E-state index contributed by atoms with van der Waals surface area (Å²) < 4.78 is 6.60. The Hall–Kier alpha value is -2.24. The normalized spacial score (nSPS) is 17.3. The van der Waals surface area contributed by atoms with Gasteiger partial charge in [0.05, 0.1) is 10.2 Å². The van der Waals surface area contributed by atoms with Crippen LogP contribution in [0.1, 0.15) is 18.4 Å². The number of rotatable bonds is 3. The van der Waals surface area contributed by atoms with Gasteiger partial charge in [0, 0.05) is 17.9 Å². The van der Waals surface area contributed by atoms with Gasteiger partial charge in [-0.05, 0) is 61.7 Å². The lowest BCUT2D eigenvalue weighted by Crippen LogP contribution is -2.26. The zero-order valence-corrected chi connectivity index (χ0v) is 14.2. The van der Waals surface area contributed by atoms with Crippen LogP contribution < -0.4 is 5.32 Å². The monoisotopic (exact) mass is 338 g/mol. The molecular formula is C19H18N2O2S. The minimum absolute atomic E-state index is 0.0595. The first-order valence-corrected chi connectivity index (χ1v) is 8.91. The lowest BCUT2D eigenvalue weighted by atomic mass is 10.2. The lowest BCUT2D eigenvalue weighted by molar-refractivity contribution is -0.124. The third kappa shape index (κ3) is 3.05. The third-order valence-electron chi connectivity index (χ3n) is 4.17. The Kier molecular flexibility index (Phi) is 4.04. The zero-order chi connectivity index (χ0) is 16.5. The number of aryl methyl sites for hydroxylation is 1. The fraction of sp³-hybridized carbons (Fsp3) is 0.263. The molecule has 1 aliphatic rings. The van der Waals surface area contributed by atoms with Crippen LogP contribution in [0.3, 0.4) is 0 Å². The van der Waals surface area contributed by atoms with Crippen LogP contribution in [-0.4, -0.2) is 23.6 Å². The average Bonchev–Trinajstić information content (AvgIpc) is 3.24. The van der Waals surface area contributed by atoms with Crippen molar-refractivity contribution in [3.63, 3.8) is 0 Å². The number of carbonyl (C=O) groups is 1. The van der Waals surface area contributed by atoms with Gasteiger partial charge in [0.1, 0.15) is 11.1 Å². The zero-order valence-electron chi connectivity index (χ0n) is 13.4. The summed E-state index contributed by atoms with van der Waals surface area (Å²) in [5.41, 5.74) is 4.11. The molecule has 0 saturated carbocycles. The molecule has 0 spiro atoms. The van der Waals surface area contributed by atoms with Crippen LogP contribution in [0, 0.1) is 6.92 Å². The number of benzene rings is 2. The van der Waals surface area contributed by atoms with Crippen molar-refractivity contribution in [2.24, 2.45) is 0 Å². The number of hydrogen-bond acceptors (Lipinski definition) is 4. The van der Waals surface area contributed by atoms with E-state index < -0.39 is 0 Å². The van der Waals surface area contributed by atoms with Crippen molar-refractivity contribution < 1.29 is 9.53 Å². The molecule has 1 amide bonds. The van der Waals surface area contributed by atoms with E-state index >= 15 is 0 Å². The molecule has 2 aromatic carbocycles. The maximum Gasteiger partial charge on any atom is 0.253 e. The predicted octanol–water partition coefficient (Wildman–Crippen LogP) is 4.39. The van der Waals surface area contributed by atoms with Crippen molar-refractivity contribution in [2.45, 2.75) is 25.9 Å². The number of carbonyl (C=O) groups excluding carboxylic acids is 1. The number of fused-ring (bicyclic) bond motifs is 1. The largest absolute Gasteiger partial charge is 0.368 e. The van der Waals surface area contributed by atoms with E-state index in [2.05, 4.69) is 35.4 Å². The van der Waals surface area contributed by atoms with Gasteiger partial charge >= 0.3 is 0 Å². The first kappa shape index (κ1) is 15.3. The first-order chi connectivity index (χ1) is 11.7. The quantitative estimate of drug-likeness (QED) is 0.770. The van der Waals surface area contributed by atoms with Gasteiger partial charge in [-0.2, -0.15) is 0 Å². The van der Waals surface area contributed by atoms with E-state index in [0.29, 0.717) is 6.61 Å². The second kappa shape index (κ2) is 6.34. The Labute approximate surface area is 144 Å². The van der Waals surface area contributed by atoms with E-state index in [-0.39, 0.29) is 12.0 Å². The average molecular weight is 338 g/mol. The highest BCUT2D eigenvalue weighted by atomic mass is 32.1. The topological polar surface area (TPSA) is 51.2 Å². The van der Waals surface area contributed by atoms with Crippen molar-refractivity contribution in [2.75, 3.05) is 11.9 Å². The second-order valence-corrected chi connectivity index (χ2v) is 7.09. The predicted molar refractivity (Wildman–Crippen MR) is 97.4 cm³/mol. The Bertz CT molecular complexity index is 880. The number of nitrogens with one attached hydrogen (secondary N) is 1. The van der Waals surface area contributed by atoms with Gasteiger partial charge < -0.3 is 10.1 Å². The van der Waals surface area contributed by atoms with E-state index in [4.69, 9.17) is 4.74 Å². The molecular weight excluding hydrogens is 320 g/mol. The molecule has 1 atom stereocenters. The molecule has 0 radical (unpaired) electrons. The van der Waals surface area contributed by atoms with Crippen LogP contribution in [-0.2, 0) is 9.53 Å². The van der Waals surface area contributed by atoms with Crippen molar-refractivity contribution in [3.05, 3.63) is 48.0 Å². The van der Waals surface area contributed by atoms with Crippen molar-refractivity contribution >= 4 is 33.1 Å². The molecule has 1 aliphatic heterocycles. The summed E-state index contributed by atoms with van der Waals surface area (Å²) >= 11 is 1.69. The number of amides is 1. The number of aromatic nitrogens is 1. The number of nitrogens with zero attached hydrogens (tertiary/aromatic N) is 1. The van der Waals surface area contributed by atoms with Crippen LogP contribution in [0.5, 0.6) is 0 Å². The van der Waals surface area contributed by atoms with Gasteiger partial charge in [0.25, 0.3) is 5.91 Å². The van der Waals surface area contributed by atoms with Gasteiger partial charge in [-0.25, -0.2) is 4.98 Å². The molecule has 3 aromatic rings. The van der Waals surface area contributed by atoms with Gasteiger partial charge in [-0.15, -0.1) is 11.3 Å². The second-order valence-electron chi connectivity index (χ2n) is 6.06. The van der Waals surface area contributed by atoms with E-state index in [1.807, 2.05) is 24.3 Å². The van der Waals surface area contributed by atoms with Crippen LogP contribution in [0.25, 0.3) is 20.8 Å². The molecule has 1 N–H and O–H groups in total. The van der Waals surface area contributed by atoms with Crippen molar-refractivity contribution in [1.29, 1.82) is 0 Å². The van der Waals surface area contributed by atoms with E-state index in [1.165, 1.54) is 10.3 Å². The minimum atomic E-state index is -0.308. The summed E-state index contributed by atoms with van der Waals surface area (Å²) in [6, 6.07) is 14.1. The summed E-state index contributed by atoms with van der Waals surface area (Å²) in [6.45, 7) is 2.76. The SMILES string of the molecule is Cc1ccc2nc(-c3ccc(NC(=O)[C@@H]4CCCO4)cc3)sc2c1. The van der Waals surface area contributed by atoms with E-state index in [9.17, 15) is 4.79 Å². The summed E-state index contributed by atoms with van der Waals surface area (Å²) in [5.74, 6) is -0.0595. The van der Waals surface area contributed by atoms with Gasteiger partial charge in [0.2, 0.25) is 0 Å². The minimum Gasteiger partial charge on any atom is -0.368 e. The fourth-order valence-electron chi connectivity index (χ4n) is 2.86. The van der Waals surface area contributed by atoms with Gasteiger partial charge in [-0.1, -0.05) is 6.07 Å². The summed E-state index contributed by atoms with van der Waals surface area (Å²) in [5, 5.41) is 3.91. The first-order valence-electron chi connectivity index (χ1n) is 8.09. The number of ether oxygens (including phenoxy) is 1. The molecule has 2 heterocycles. The highest BCUT2D eigenvalue weighted by Gasteiger charge is 2.23. The Balaban J connectivity index is 1.53. The highest BCUT2D eigenvalue weighted by Crippen LogP contribution is 2.31. The van der Waals surface area contributed by atoms with Crippen LogP contribution >= 0.6 is 11.3 Å². The molecule has 122 valence electrons. The summed E-state index contributed by atoms with van der Waals surface area (Å²) in [6.07, 6.45) is 1.44. The molecule has 4 nitrogen and oxygen atoms in total. The summed E-state index contributed by atoms with van der Waals surface area (Å²) in [4.78, 5) is 16.8. The Morgan fingerprint density at radius 3 is 2.83 bits per heavy atom. The van der Waals surface area contributed by atoms with Gasteiger partial charge in [0.15, 0.2) is 0 Å². The fourth-order valence-corrected chi connectivity index (χ4v) is 3.93. The molecule has 0 bridgehead atoms. The Morgan fingerprint density at radius 2 is 2.08 bits per heavy atom. The standard InChI is InChI=1S/C19H18N2O2S/c1-12-4-9-15-17(11-12)24-19(21-15)13-5-7-14(8-6-13)20-18(22)16-3-2-10-23-16/h4-9,11,16H,2-3,10H2,1H3,(H,20,22)/t16-/m0/s1. The maximum atomic E-state index is 12.1.